The number of ether oxygens (including phenoxy) is 1. The number of halogens is 1. The fourth-order valence-electron chi connectivity index (χ4n) is 2.63. The SMILES string of the molecule is COc1c(O)ccc(/C=C2\SC(=O)N(Cc3ccc(Br)cc3)C2=O)c1[N+](=O)[O-]. The number of aromatic hydroxyl groups is 1. The number of imide groups is 1. The maximum atomic E-state index is 12.7. The number of nitro benzene ring substituents is 1. The van der Waals surface area contributed by atoms with Gasteiger partial charge >= 0.3 is 5.69 Å². The highest BCUT2D eigenvalue weighted by Gasteiger charge is 2.36. The molecule has 0 aliphatic carbocycles. The van der Waals surface area contributed by atoms with Crippen LogP contribution in [-0.2, 0) is 11.3 Å². The van der Waals surface area contributed by atoms with Gasteiger partial charge in [0.05, 0.1) is 29.0 Å². The van der Waals surface area contributed by atoms with Crippen LogP contribution >= 0.6 is 27.7 Å². The smallest absolute Gasteiger partial charge is 0.322 e. The topological polar surface area (TPSA) is 110 Å². The van der Waals surface area contributed by atoms with Crippen molar-refractivity contribution in [3.63, 3.8) is 0 Å². The number of carbonyl (C=O) groups excluding carboxylic acids is 2. The van der Waals surface area contributed by atoms with E-state index in [1.807, 2.05) is 0 Å². The van der Waals surface area contributed by atoms with Gasteiger partial charge in [-0.3, -0.25) is 24.6 Å². The summed E-state index contributed by atoms with van der Waals surface area (Å²) in [6.07, 6.45) is 1.26. The quantitative estimate of drug-likeness (QED) is 0.398. The second kappa shape index (κ2) is 8.03. The summed E-state index contributed by atoms with van der Waals surface area (Å²) >= 11 is 4.02. The zero-order valence-corrected chi connectivity index (χ0v) is 16.8. The van der Waals surface area contributed by atoms with Gasteiger partial charge in [-0.2, -0.15) is 0 Å². The molecule has 0 atom stereocenters. The Morgan fingerprint density at radius 2 is 1.93 bits per heavy atom. The zero-order chi connectivity index (χ0) is 20.4. The Bertz CT molecular complexity index is 1010. The highest BCUT2D eigenvalue weighted by Crippen LogP contribution is 2.41. The molecule has 2 amide bonds. The third-order valence-electron chi connectivity index (χ3n) is 3.94. The van der Waals surface area contributed by atoms with Crippen LogP contribution in [0, 0.1) is 10.1 Å². The molecule has 1 aliphatic rings. The molecule has 28 heavy (non-hydrogen) atoms. The van der Waals surface area contributed by atoms with Gasteiger partial charge in [0.1, 0.15) is 0 Å². The first kappa shape index (κ1) is 19.9. The van der Waals surface area contributed by atoms with E-state index in [0.29, 0.717) is 11.8 Å². The molecule has 144 valence electrons. The summed E-state index contributed by atoms with van der Waals surface area (Å²) in [5.41, 5.74) is 0.333. The van der Waals surface area contributed by atoms with Crippen LogP contribution in [0.25, 0.3) is 6.08 Å². The fourth-order valence-corrected chi connectivity index (χ4v) is 3.73. The van der Waals surface area contributed by atoms with Crippen molar-refractivity contribution >= 4 is 50.6 Å². The minimum Gasteiger partial charge on any atom is -0.504 e. The van der Waals surface area contributed by atoms with Crippen molar-refractivity contribution in [1.82, 2.24) is 4.90 Å². The van der Waals surface area contributed by atoms with Gasteiger partial charge in [-0.25, -0.2) is 0 Å². The van der Waals surface area contributed by atoms with Crippen LogP contribution in [0.15, 0.2) is 45.8 Å². The minimum absolute atomic E-state index is 0.0498. The van der Waals surface area contributed by atoms with Crippen molar-refractivity contribution in [3.05, 3.63) is 67.0 Å². The molecular formula is C18H13BrN2O6S. The number of methoxy groups -OCH3 is 1. The number of hydrogen-bond donors (Lipinski definition) is 1. The van der Waals surface area contributed by atoms with Gasteiger partial charge in [-0.15, -0.1) is 0 Å². The van der Waals surface area contributed by atoms with Gasteiger partial charge in [0.25, 0.3) is 11.1 Å². The van der Waals surface area contributed by atoms with Crippen molar-refractivity contribution in [3.8, 4) is 11.5 Å². The van der Waals surface area contributed by atoms with E-state index in [-0.39, 0.29) is 22.8 Å². The van der Waals surface area contributed by atoms with Crippen LogP contribution in [0.3, 0.4) is 0 Å². The van der Waals surface area contributed by atoms with E-state index < -0.39 is 27.5 Å². The number of carbonyl (C=O) groups is 2. The van der Waals surface area contributed by atoms with Gasteiger partial charge in [0.2, 0.25) is 5.75 Å². The molecule has 1 saturated heterocycles. The molecule has 0 bridgehead atoms. The largest absolute Gasteiger partial charge is 0.504 e. The predicted octanol–water partition coefficient (Wildman–Crippen LogP) is 4.31. The maximum absolute atomic E-state index is 12.7. The van der Waals surface area contributed by atoms with Gasteiger partial charge in [-0.05, 0) is 47.7 Å². The van der Waals surface area contributed by atoms with Crippen LogP contribution in [0.2, 0.25) is 0 Å². The van der Waals surface area contributed by atoms with E-state index in [9.17, 15) is 24.8 Å². The van der Waals surface area contributed by atoms with Crippen molar-refractivity contribution in [2.75, 3.05) is 7.11 Å². The molecule has 8 nitrogen and oxygen atoms in total. The third kappa shape index (κ3) is 3.87. The number of phenols is 1. The summed E-state index contributed by atoms with van der Waals surface area (Å²) < 4.78 is 5.78. The van der Waals surface area contributed by atoms with E-state index in [1.54, 1.807) is 24.3 Å². The van der Waals surface area contributed by atoms with Gasteiger partial charge in [0, 0.05) is 4.47 Å². The number of thioether (sulfide) groups is 1. The van der Waals surface area contributed by atoms with Crippen molar-refractivity contribution < 1.29 is 24.4 Å². The fraction of sp³-hybridized carbons (Fsp3) is 0.111. The Morgan fingerprint density at radius 1 is 1.25 bits per heavy atom. The number of nitro groups is 1. The normalized spacial score (nSPS) is 15.4. The standard InChI is InChI=1S/C18H13BrN2O6S/c1-27-16-13(22)7-4-11(15(16)21(25)26)8-14-17(23)20(18(24)28-14)9-10-2-5-12(19)6-3-10/h2-8,22H,9H2,1H3/b14-8-. The lowest BCUT2D eigenvalue weighted by molar-refractivity contribution is -0.386. The molecule has 0 aromatic heterocycles. The molecule has 1 aliphatic heterocycles. The van der Waals surface area contributed by atoms with Crippen LogP contribution in [-0.4, -0.2) is 33.2 Å². The first-order chi connectivity index (χ1) is 13.3. The predicted molar refractivity (Wildman–Crippen MR) is 107 cm³/mol. The van der Waals surface area contributed by atoms with E-state index in [4.69, 9.17) is 4.74 Å². The second-order valence-corrected chi connectivity index (χ2v) is 7.62. The number of benzene rings is 2. The lowest BCUT2D eigenvalue weighted by atomic mass is 10.1. The summed E-state index contributed by atoms with van der Waals surface area (Å²) in [5.74, 6) is -1.25. The summed E-state index contributed by atoms with van der Waals surface area (Å²) in [5, 5.41) is 20.7. The molecule has 1 fully saturated rings. The zero-order valence-electron chi connectivity index (χ0n) is 14.4. The Labute approximate surface area is 172 Å². The Morgan fingerprint density at radius 3 is 2.54 bits per heavy atom. The van der Waals surface area contributed by atoms with Gasteiger partial charge in [0.15, 0.2) is 5.75 Å². The summed E-state index contributed by atoms with van der Waals surface area (Å²) in [7, 11) is 1.19. The molecule has 0 saturated carbocycles. The van der Waals surface area contributed by atoms with E-state index in [1.165, 1.54) is 25.3 Å². The molecule has 10 heteroatoms. The number of rotatable bonds is 5. The molecule has 0 spiro atoms. The number of amides is 2. The van der Waals surface area contributed by atoms with E-state index in [0.717, 1.165) is 14.9 Å². The molecule has 3 rings (SSSR count). The molecule has 1 heterocycles. The van der Waals surface area contributed by atoms with Crippen LogP contribution < -0.4 is 4.74 Å². The lowest BCUT2D eigenvalue weighted by Crippen LogP contribution is -2.27. The lowest BCUT2D eigenvalue weighted by Gasteiger charge is -2.12. The maximum Gasteiger partial charge on any atom is 0.322 e. The van der Waals surface area contributed by atoms with Crippen LogP contribution in [0.5, 0.6) is 11.5 Å². The Hall–Kier alpha value is -2.85. The minimum atomic E-state index is -0.712. The number of hydrogen-bond acceptors (Lipinski definition) is 7. The highest BCUT2D eigenvalue weighted by atomic mass is 79.9. The highest BCUT2D eigenvalue weighted by molar-refractivity contribution is 9.10. The van der Waals surface area contributed by atoms with E-state index in [2.05, 4.69) is 15.9 Å². The molecular weight excluding hydrogens is 452 g/mol. The number of phenolic OH excluding ortho intramolecular Hbond substituents is 1. The summed E-state index contributed by atoms with van der Waals surface area (Å²) in [6.45, 7) is 0.0935. The average Bonchev–Trinajstić information content (AvgIpc) is 2.91. The Kier molecular flexibility index (Phi) is 5.71. The molecule has 2 aromatic rings. The summed E-state index contributed by atoms with van der Waals surface area (Å²) in [6, 6.07) is 9.69. The average molecular weight is 465 g/mol. The van der Waals surface area contributed by atoms with E-state index >= 15 is 0 Å². The molecule has 1 N–H and O–H groups in total. The van der Waals surface area contributed by atoms with Crippen molar-refractivity contribution in [2.45, 2.75) is 6.54 Å². The molecule has 0 radical (unpaired) electrons. The van der Waals surface area contributed by atoms with Gasteiger partial charge < -0.3 is 9.84 Å². The monoisotopic (exact) mass is 464 g/mol. The van der Waals surface area contributed by atoms with Crippen molar-refractivity contribution in [2.24, 2.45) is 0 Å². The summed E-state index contributed by atoms with van der Waals surface area (Å²) in [4.78, 5) is 36.8. The Balaban J connectivity index is 1.94. The first-order valence-electron chi connectivity index (χ1n) is 7.86. The van der Waals surface area contributed by atoms with Crippen molar-refractivity contribution in [1.29, 1.82) is 0 Å². The second-order valence-electron chi connectivity index (χ2n) is 5.71. The third-order valence-corrected chi connectivity index (χ3v) is 5.38. The number of nitrogens with zero attached hydrogens (tertiary/aromatic N) is 2. The van der Waals surface area contributed by atoms with Crippen LogP contribution in [0.1, 0.15) is 11.1 Å². The molecule has 0 unspecified atom stereocenters. The van der Waals surface area contributed by atoms with Crippen LogP contribution in [0.4, 0.5) is 10.5 Å². The molecule has 2 aromatic carbocycles. The first-order valence-corrected chi connectivity index (χ1v) is 9.47. The van der Waals surface area contributed by atoms with Gasteiger partial charge in [-0.1, -0.05) is 28.1 Å².